The van der Waals surface area contributed by atoms with Crippen molar-refractivity contribution in [3.63, 3.8) is 0 Å². The summed E-state index contributed by atoms with van der Waals surface area (Å²) in [6.07, 6.45) is 1.64. The molecule has 0 aliphatic rings. The molecular formula is C20H18ClN3O. The molecule has 1 aromatic heterocycles. The molecule has 0 aliphatic carbocycles. The predicted octanol–water partition coefficient (Wildman–Crippen LogP) is 4.43. The van der Waals surface area contributed by atoms with E-state index in [9.17, 15) is 4.79 Å². The third-order valence-electron chi connectivity index (χ3n) is 3.87. The molecule has 0 unspecified atom stereocenters. The molecule has 0 radical (unpaired) electrons. The predicted molar refractivity (Wildman–Crippen MR) is 101 cm³/mol. The number of nitrogens with one attached hydrogen (secondary N) is 1. The van der Waals surface area contributed by atoms with E-state index in [0.29, 0.717) is 17.3 Å². The van der Waals surface area contributed by atoms with Crippen molar-refractivity contribution in [3.8, 4) is 0 Å². The molecule has 2 aromatic carbocycles. The highest BCUT2D eigenvalue weighted by Gasteiger charge is 2.10. The van der Waals surface area contributed by atoms with Gasteiger partial charge in [-0.1, -0.05) is 41.9 Å². The second kappa shape index (κ2) is 7.81. The van der Waals surface area contributed by atoms with Gasteiger partial charge < -0.3 is 10.2 Å². The lowest BCUT2D eigenvalue weighted by atomic mass is 10.2. The molecule has 126 valence electrons. The maximum absolute atomic E-state index is 12.4. The number of nitrogens with zero attached hydrogens (tertiary/aromatic N) is 2. The van der Waals surface area contributed by atoms with Crippen LogP contribution in [0.5, 0.6) is 0 Å². The van der Waals surface area contributed by atoms with Crippen LogP contribution in [0.3, 0.4) is 0 Å². The van der Waals surface area contributed by atoms with Crippen LogP contribution in [0, 0.1) is 0 Å². The molecule has 5 heteroatoms. The Morgan fingerprint density at radius 3 is 2.48 bits per heavy atom. The number of pyridine rings is 1. The average Bonchev–Trinajstić information content (AvgIpc) is 2.67. The van der Waals surface area contributed by atoms with E-state index < -0.39 is 0 Å². The molecule has 3 aromatic rings. The van der Waals surface area contributed by atoms with Crippen LogP contribution in [0.15, 0.2) is 72.9 Å². The maximum Gasteiger partial charge on any atom is 0.270 e. The number of amides is 1. The summed E-state index contributed by atoms with van der Waals surface area (Å²) in [5.74, 6) is -0.210. The highest BCUT2D eigenvalue weighted by atomic mass is 35.5. The Bertz CT molecular complexity index is 850. The van der Waals surface area contributed by atoms with Gasteiger partial charge in [-0.2, -0.15) is 0 Å². The van der Waals surface area contributed by atoms with E-state index in [4.69, 9.17) is 11.6 Å². The Labute approximate surface area is 152 Å². The van der Waals surface area contributed by atoms with Crippen molar-refractivity contribution in [2.45, 2.75) is 6.54 Å². The van der Waals surface area contributed by atoms with Crippen molar-refractivity contribution in [1.29, 1.82) is 0 Å². The van der Waals surface area contributed by atoms with Crippen LogP contribution in [0.2, 0.25) is 5.02 Å². The summed E-state index contributed by atoms with van der Waals surface area (Å²) in [4.78, 5) is 18.6. The minimum absolute atomic E-state index is 0.210. The molecule has 1 heterocycles. The molecule has 0 aliphatic heterocycles. The lowest BCUT2D eigenvalue weighted by molar-refractivity contribution is 0.0946. The third-order valence-corrected chi connectivity index (χ3v) is 4.13. The van der Waals surface area contributed by atoms with Gasteiger partial charge in [-0.15, -0.1) is 0 Å². The van der Waals surface area contributed by atoms with Crippen LogP contribution >= 0.6 is 11.6 Å². The third kappa shape index (κ3) is 4.37. The van der Waals surface area contributed by atoms with E-state index in [0.717, 1.165) is 16.9 Å². The minimum Gasteiger partial charge on any atom is -0.347 e. The first-order valence-electron chi connectivity index (χ1n) is 7.91. The van der Waals surface area contributed by atoms with Crippen LogP contribution in [0.4, 0.5) is 11.4 Å². The van der Waals surface area contributed by atoms with Crippen LogP contribution in [-0.2, 0) is 6.54 Å². The van der Waals surface area contributed by atoms with E-state index >= 15 is 0 Å². The summed E-state index contributed by atoms with van der Waals surface area (Å²) in [6, 6.07) is 21.0. The lowest BCUT2D eigenvalue weighted by Crippen LogP contribution is -2.24. The number of rotatable bonds is 5. The van der Waals surface area contributed by atoms with E-state index in [2.05, 4.69) is 10.3 Å². The van der Waals surface area contributed by atoms with E-state index in [1.54, 1.807) is 24.4 Å². The van der Waals surface area contributed by atoms with E-state index in [-0.39, 0.29) is 5.91 Å². The van der Waals surface area contributed by atoms with Crippen molar-refractivity contribution in [1.82, 2.24) is 10.3 Å². The van der Waals surface area contributed by atoms with Crippen molar-refractivity contribution in [3.05, 3.63) is 89.2 Å². The van der Waals surface area contributed by atoms with Crippen LogP contribution < -0.4 is 10.2 Å². The van der Waals surface area contributed by atoms with Gasteiger partial charge in [0, 0.05) is 36.2 Å². The van der Waals surface area contributed by atoms with Gasteiger partial charge in [-0.05, 0) is 42.0 Å². The molecule has 1 N–H and O–H groups in total. The minimum atomic E-state index is -0.210. The van der Waals surface area contributed by atoms with Gasteiger partial charge in [-0.3, -0.25) is 9.78 Å². The van der Waals surface area contributed by atoms with Crippen LogP contribution in [0.25, 0.3) is 0 Å². The second-order valence-corrected chi connectivity index (χ2v) is 6.04. The highest BCUT2D eigenvalue weighted by Crippen LogP contribution is 2.23. The summed E-state index contributed by atoms with van der Waals surface area (Å²) in [7, 11) is 1.96. The highest BCUT2D eigenvalue weighted by molar-refractivity contribution is 6.30. The number of benzene rings is 2. The number of anilines is 2. The fourth-order valence-electron chi connectivity index (χ4n) is 2.43. The van der Waals surface area contributed by atoms with Gasteiger partial charge in [0.25, 0.3) is 5.91 Å². The molecule has 0 saturated carbocycles. The molecule has 4 nitrogen and oxygen atoms in total. The molecule has 0 bridgehead atoms. The Morgan fingerprint density at radius 1 is 1.04 bits per heavy atom. The molecule has 3 rings (SSSR count). The number of para-hydroxylation sites is 1. The molecular weight excluding hydrogens is 334 g/mol. The normalized spacial score (nSPS) is 10.3. The van der Waals surface area contributed by atoms with Crippen molar-refractivity contribution in [2.24, 2.45) is 0 Å². The molecule has 0 spiro atoms. The quantitative estimate of drug-likeness (QED) is 0.739. The smallest absolute Gasteiger partial charge is 0.270 e. The zero-order valence-electron chi connectivity index (χ0n) is 13.8. The van der Waals surface area contributed by atoms with Gasteiger partial charge in [0.1, 0.15) is 5.69 Å². The van der Waals surface area contributed by atoms with Crippen LogP contribution in [0.1, 0.15) is 16.1 Å². The summed E-state index contributed by atoms with van der Waals surface area (Å²) in [6.45, 7) is 0.427. The molecule has 1 amide bonds. The van der Waals surface area contributed by atoms with Gasteiger partial charge in [0.15, 0.2) is 0 Å². The van der Waals surface area contributed by atoms with Crippen molar-refractivity contribution < 1.29 is 4.79 Å². The largest absolute Gasteiger partial charge is 0.347 e. The van der Waals surface area contributed by atoms with Gasteiger partial charge in [0.2, 0.25) is 0 Å². The van der Waals surface area contributed by atoms with Gasteiger partial charge in [0.05, 0.1) is 0 Å². The SMILES string of the molecule is CN(c1ccccc1)c1ccnc(C(=O)NCc2ccc(Cl)cc2)c1. The fraction of sp³-hybridized carbons (Fsp3) is 0.100. The van der Waals surface area contributed by atoms with Crippen LogP contribution in [-0.4, -0.2) is 17.9 Å². The molecule has 0 saturated heterocycles. The lowest BCUT2D eigenvalue weighted by Gasteiger charge is -2.19. The van der Waals surface area contributed by atoms with Crippen molar-refractivity contribution in [2.75, 3.05) is 11.9 Å². The first kappa shape index (κ1) is 17.0. The Kier molecular flexibility index (Phi) is 5.31. The standard InChI is InChI=1S/C20H18ClN3O/c1-24(17-5-3-2-4-6-17)18-11-12-22-19(13-18)20(25)23-14-15-7-9-16(21)10-8-15/h2-13H,14H2,1H3,(H,23,25). The first-order chi connectivity index (χ1) is 12.1. The summed E-state index contributed by atoms with van der Waals surface area (Å²) in [5, 5.41) is 3.55. The summed E-state index contributed by atoms with van der Waals surface area (Å²) >= 11 is 5.87. The monoisotopic (exact) mass is 351 g/mol. The topological polar surface area (TPSA) is 45.2 Å². The second-order valence-electron chi connectivity index (χ2n) is 5.60. The zero-order valence-corrected chi connectivity index (χ0v) is 14.6. The number of carbonyl (C=O) groups excluding carboxylic acids is 1. The Balaban J connectivity index is 1.70. The number of hydrogen-bond donors (Lipinski definition) is 1. The summed E-state index contributed by atoms with van der Waals surface area (Å²) in [5.41, 5.74) is 3.31. The van der Waals surface area contributed by atoms with Gasteiger partial charge in [-0.25, -0.2) is 0 Å². The zero-order chi connectivity index (χ0) is 17.6. The fourth-order valence-corrected chi connectivity index (χ4v) is 2.55. The Hall–Kier alpha value is -2.85. The first-order valence-corrected chi connectivity index (χ1v) is 8.29. The van der Waals surface area contributed by atoms with Crippen molar-refractivity contribution >= 4 is 28.9 Å². The van der Waals surface area contributed by atoms with E-state index in [1.165, 1.54) is 0 Å². The Morgan fingerprint density at radius 2 is 1.76 bits per heavy atom. The van der Waals surface area contributed by atoms with E-state index in [1.807, 2.05) is 60.5 Å². The molecule has 0 fully saturated rings. The maximum atomic E-state index is 12.4. The number of halogens is 1. The average molecular weight is 352 g/mol. The van der Waals surface area contributed by atoms with Gasteiger partial charge >= 0.3 is 0 Å². The summed E-state index contributed by atoms with van der Waals surface area (Å²) < 4.78 is 0. The molecule has 25 heavy (non-hydrogen) atoms. The number of aromatic nitrogens is 1. The number of hydrogen-bond acceptors (Lipinski definition) is 3. The molecule has 0 atom stereocenters. The number of carbonyl (C=O) groups is 1.